The average molecular weight is 355 g/mol. The van der Waals surface area contributed by atoms with Gasteiger partial charge >= 0.3 is 0 Å². The quantitative estimate of drug-likeness (QED) is 0.376. The first kappa shape index (κ1) is 18.5. The maximum atomic E-state index is 13.4. The van der Waals surface area contributed by atoms with Crippen LogP contribution >= 0.6 is 0 Å². The Bertz CT molecular complexity index is 566. The van der Waals surface area contributed by atoms with Crippen LogP contribution in [0.5, 0.6) is 0 Å². The normalized spacial score (nSPS) is 30.2. The molecule has 0 nitrogen and oxygen atoms in total. The number of rotatable bonds is 5. The summed E-state index contributed by atoms with van der Waals surface area (Å²) in [5, 5.41) is 0. The number of halogens is 3. The third kappa shape index (κ3) is 4.68. The molecule has 0 spiro atoms. The molecule has 0 radical (unpaired) electrons. The Labute approximate surface area is 152 Å². The summed E-state index contributed by atoms with van der Waals surface area (Å²) in [6, 6.07) is 2.36. The highest BCUT2D eigenvalue weighted by atomic mass is 19.2. The van der Waals surface area contributed by atoms with Gasteiger partial charge in [-0.2, -0.15) is 0 Å². The van der Waals surface area contributed by atoms with Crippen molar-refractivity contribution in [2.24, 2.45) is 17.8 Å². The molecule has 2 fully saturated rings. The first-order chi connectivity index (χ1) is 12.1. The van der Waals surface area contributed by atoms with Gasteiger partial charge in [0.15, 0.2) is 17.5 Å². The van der Waals surface area contributed by atoms with Crippen molar-refractivity contribution in [2.45, 2.75) is 70.1 Å². The summed E-state index contributed by atoms with van der Waals surface area (Å²) >= 11 is 0. The molecule has 1 aromatic rings. The SMILES string of the molecule is C=CC1CCC(CCC2CCC(c3cc(F)c(F)c(F)c3)CC2)CC1.[HH].[HH]. The van der Waals surface area contributed by atoms with Crippen LogP contribution in [0.2, 0.25) is 0 Å². The first-order valence-corrected chi connectivity index (χ1v) is 9.83. The molecule has 0 bridgehead atoms. The van der Waals surface area contributed by atoms with Crippen LogP contribution in [-0.4, -0.2) is 0 Å². The second-order valence-electron chi connectivity index (χ2n) is 8.11. The molecule has 142 valence electrons. The van der Waals surface area contributed by atoms with Gasteiger partial charge in [0.25, 0.3) is 0 Å². The smallest absolute Gasteiger partial charge is 0.194 e. The minimum atomic E-state index is -1.36. The highest BCUT2D eigenvalue weighted by molar-refractivity contribution is 5.23. The molecule has 2 aliphatic carbocycles. The monoisotopic (exact) mass is 354 g/mol. The summed E-state index contributed by atoms with van der Waals surface area (Å²) < 4.78 is 40.0. The largest absolute Gasteiger partial charge is 0.204 e. The van der Waals surface area contributed by atoms with Gasteiger partial charge in [-0.25, -0.2) is 13.2 Å². The van der Waals surface area contributed by atoms with Gasteiger partial charge in [0.05, 0.1) is 0 Å². The van der Waals surface area contributed by atoms with Crippen LogP contribution in [0, 0.1) is 35.2 Å². The summed E-state index contributed by atoms with van der Waals surface area (Å²) in [6.07, 6.45) is 14.1. The molecule has 0 aromatic heterocycles. The van der Waals surface area contributed by atoms with Gasteiger partial charge in [0.1, 0.15) is 0 Å². The second-order valence-corrected chi connectivity index (χ2v) is 8.11. The summed E-state index contributed by atoms with van der Waals surface area (Å²) in [5.41, 5.74) is 0.623. The van der Waals surface area contributed by atoms with Crippen molar-refractivity contribution in [1.29, 1.82) is 0 Å². The van der Waals surface area contributed by atoms with Crippen molar-refractivity contribution in [2.75, 3.05) is 0 Å². The fourth-order valence-corrected chi connectivity index (χ4v) is 4.78. The molecule has 0 unspecified atom stereocenters. The maximum absolute atomic E-state index is 13.4. The van der Waals surface area contributed by atoms with E-state index in [1.54, 1.807) is 0 Å². The molecule has 0 heterocycles. The van der Waals surface area contributed by atoms with E-state index in [4.69, 9.17) is 0 Å². The highest BCUT2D eigenvalue weighted by Crippen LogP contribution is 2.40. The summed E-state index contributed by atoms with van der Waals surface area (Å²) in [6.45, 7) is 3.91. The minimum absolute atomic E-state index is 0. The second kappa shape index (κ2) is 8.42. The van der Waals surface area contributed by atoms with Gasteiger partial charge in [0.2, 0.25) is 0 Å². The molecule has 3 heteroatoms. The predicted octanol–water partition coefficient (Wildman–Crippen LogP) is 7.64. The van der Waals surface area contributed by atoms with Crippen LogP contribution in [0.3, 0.4) is 0 Å². The van der Waals surface area contributed by atoms with E-state index >= 15 is 0 Å². The van der Waals surface area contributed by atoms with E-state index in [1.807, 2.05) is 0 Å². The summed E-state index contributed by atoms with van der Waals surface area (Å²) in [7, 11) is 0. The molecule has 0 aliphatic heterocycles. The Hall–Kier alpha value is -1.25. The maximum Gasteiger partial charge on any atom is 0.194 e. The molecule has 0 saturated heterocycles. The Balaban J connectivity index is 0.00000182. The summed E-state index contributed by atoms with van der Waals surface area (Å²) in [5.74, 6) is -0.979. The Kier molecular flexibility index (Phi) is 6.24. The summed E-state index contributed by atoms with van der Waals surface area (Å²) in [4.78, 5) is 0. The molecule has 3 rings (SSSR count). The van der Waals surface area contributed by atoms with E-state index in [9.17, 15) is 13.2 Å². The molecular formula is C22H33F3. The Morgan fingerprint density at radius 1 is 0.840 bits per heavy atom. The van der Waals surface area contributed by atoms with Crippen LogP contribution in [0.25, 0.3) is 0 Å². The Morgan fingerprint density at radius 3 is 1.80 bits per heavy atom. The lowest BCUT2D eigenvalue weighted by Gasteiger charge is -2.31. The lowest BCUT2D eigenvalue weighted by Crippen LogP contribution is -2.17. The van der Waals surface area contributed by atoms with E-state index in [0.29, 0.717) is 5.56 Å². The first-order valence-electron chi connectivity index (χ1n) is 9.83. The van der Waals surface area contributed by atoms with Gasteiger partial charge in [-0.3, -0.25) is 0 Å². The van der Waals surface area contributed by atoms with Crippen molar-refractivity contribution in [3.63, 3.8) is 0 Å². The zero-order valence-electron chi connectivity index (χ0n) is 15.0. The third-order valence-electron chi connectivity index (χ3n) is 6.53. The number of hydrogen-bond acceptors (Lipinski definition) is 0. The molecule has 2 aliphatic rings. The predicted molar refractivity (Wildman–Crippen MR) is 100 cm³/mol. The minimum Gasteiger partial charge on any atom is -0.204 e. The molecule has 1 aromatic carbocycles. The number of hydrogen-bond donors (Lipinski definition) is 0. The van der Waals surface area contributed by atoms with Crippen molar-refractivity contribution in [3.8, 4) is 0 Å². The van der Waals surface area contributed by atoms with Crippen molar-refractivity contribution >= 4 is 0 Å². The molecular weight excluding hydrogens is 321 g/mol. The molecule has 0 amide bonds. The van der Waals surface area contributed by atoms with E-state index < -0.39 is 17.5 Å². The molecule has 0 N–H and O–H groups in total. The van der Waals surface area contributed by atoms with Crippen LogP contribution < -0.4 is 0 Å². The lowest BCUT2D eigenvalue weighted by molar-refractivity contribution is 0.246. The zero-order chi connectivity index (χ0) is 17.8. The highest BCUT2D eigenvalue weighted by Gasteiger charge is 2.26. The van der Waals surface area contributed by atoms with Crippen LogP contribution in [0.4, 0.5) is 13.2 Å². The van der Waals surface area contributed by atoms with E-state index in [-0.39, 0.29) is 8.77 Å². The lowest BCUT2D eigenvalue weighted by atomic mass is 9.74. The van der Waals surface area contributed by atoms with Gasteiger partial charge in [-0.05, 0) is 92.7 Å². The van der Waals surface area contributed by atoms with Crippen LogP contribution in [-0.2, 0) is 0 Å². The molecule has 2 saturated carbocycles. The van der Waals surface area contributed by atoms with E-state index in [0.717, 1.165) is 43.4 Å². The topological polar surface area (TPSA) is 0 Å². The van der Waals surface area contributed by atoms with Gasteiger partial charge in [-0.1, -0.05) is 18.9 Å². The standard InChI is InChI=1S/C22H29F3.2H2/c1-2-15-3-5-16(6-4-15)7-8-17-9-11-18(12-10-17)19-13-20(23)22(25)21(24)14-19;;/h2,13-18H,1,3-12H2;2*1H. The molecule has 25 heavy (non-hydrogen) atoms. The van der Waals surface area contributed by atoms with E-state index in [1.165, 1.54) is 50.7 Å². The average Bonchev–Trinajstić information content (AvgIpc) is 2.65. The van der Waals surface area contributed by atoms with Gasteiger partial charge in [-0.15, -0.1) is 6.58 Å². The van der Waals surface area contributed by atoms with Crippen LogP contribution in [0.1, 0.15) is 78.5 Å². The van der Waals surface area contributed by atoms with Crippen molar-refractivity contribution in [1.82, 2.24) is 0 Å². The van der Waals surface area contributed by atoms with Gasteiger partial charge in [0, 0.05) is 2.85 Å². The number of allylic oxidation sites excluding steroid dienone is 1. The third-order valence-corrected chi connectivity index (χ3v) is 6.53. The molecule has 0 atom stereocenters. The van der Waals surface area contributed by atoms with E-state index in [2.05, 4.69) is 12.7 Å². The van der Waals surface area contributed by atoms with Crippen molar-refractivity contribution < 1.29 is 16.0 Å². The van der Waals surface area contributed by atoms with Crippen molar-refractivity contribution in [3.05, 3.63) is 47.8 Å². The van der Waals surface area contributed by atoms with Gasteiger partial charge < -0.3 is 0 Å². The Morgan fingerprint density at radius 2 is 1.32 bits per heavy atom. The number of benzene rings is 1. The zero-order valence-corrected chi connectivity index (χ0v) is 15.0. The fourth-order valence-electron chi connectivity index (χ4n) is 4.78. The fraction of sp³-hybridized carbons (Fsp3) is 0.636. The van der Waals surface area contributed by atoms with Crippen LogP contribution in [0.15, 0.2) is 24.8 Å².